The van der Waals surface area contributed by atoms with Gasteiger partial charge in [0.25, 0.3) is 0 Å². The second-order valence-electron chi connectivity index (χ2n) is 7.49. The summed E-state index contributed by atoms with van der Waals surface area (Å²) in [6.45, 7) is 1.87. The standard InChI is InChI=1S/C20H25ClF2N4O3S/c1-12-11-31-19(24-12)18-26-15(25-13-5-7-20(22,23)8-6-13)9-16(27-18)30-14(10-21)3-4-17(28)29-2/h9,11,13-14H,3-8,10H2,1-2H3,(H,25,26,27). The number of aryl methyl sites for hydroxylation is 1. The lowest BCUT2D eigenvalue weighted by Crippen LogP contribution is -2.32. The van der Waals surface area contributed by atoms with Gasteiger partial charge < -0.3 is 14.8 Å². The lowest BCUT2D eigenvalue weighted by atomic mass is 9.92. The Bertz CT molecular complexity index is 889. The average molecular weight is 475 g/mol. The summed E-state index contributed by atoms with van der Waals surface area (Å²) in [4.78, 5) is 24.8. The first-order chi connectivity index (χ1) is 14.8. The molecule has 1 aliphatic carbocycles. The molecule has 31 heavy (non-hydrogen) atoms. The van der Waals surface area contributed by atoms with Gasteiger partial charge in [-0.2, -0.15) is 4.98 Å². The van der Waals surface area contributed by atoms with Gasteiger partial charge in [0.1, 0.15) is 11.9 Å². The third-order valence-electron chi connectivity index (χ3n) is 4.94. The summed E-state index contributed by atoms with van der Waals surface area (Å²) in [5, 5.41) is 5.74. The number of thiazole rings is 1. The summed E-state index contributed by atoms with van der Waals surface area (Å²) in [5.41, 5.74) is 0.843. The molecule has 0 amide bonds. The van der Waals surface area contributed by atoms with Crippen molar-refractivity contribution < 1.29 is 23.0 Å². The first-order valence-electron chi connectivity index (χ1n) is 10.0. The van der Waals surface area contributed by atoms with Crippen LogP contribution in [0.1, 0.15) is 44.2 Å². The van der Waals surface area contributed by atoms with Crippen LogP contribution >= 0.6 is 22.9 Å². The lowest BCUT2D eigenvalue weighted by Gasteiger charge is -2.29. The highest BCUT2D eigenvalue weighted by Gasteiger charge is 2.35. The number of esters is 1. The number of alkyl halides is 3. The van der Waals surface area contributed by atoms with E-state index in [1.807, 2.05) is 12.3 Å². The predicted molar refractivity (Wildman–Crippen MR) is 115 cm³/mol. The van der Waals surface area contributed by atoms with Gasteiger partial charge in [0.15, 0.2) is 10.8 Å². The van der Waals surface area contributed by atoms with Crippen molar-refractivity contribution in [3.8, 4) is 16.7 Å². The van der Waals surface area contributed by atoms with Crippen molar-refractivity contribution in [2.45, 2.75) is 63.5 Å². The van der Waals surface area contributed by atoms with Crippen molar-refractivity contribution in [3.05, 3.63) is 17.1 Å². The molecule has 0 aromatic carbocycles. The minimum atomic E-state index is -2.60. The number of ether oxygens (including phenoxy) is 2. The minimum absolute atomic E-state index is 0.114. The van der Waals surface area contributed by atoms with Crippen molar-refractivity contribution in [2.24, 2.45) is 0 Å². The Balaban J connectivity index is 1.79. The third-order valence-corrected chi connectivity index (χ3v) is 6.24. The molecule has 1 fully saturated rings. The number of methoxy groups -OCH3 is 1. The fourth-order valence-electron chi connectivity index (χ4n) is 3.22. The highest BCUT2D eigenvalue weighted by atomic mass is 35.5. The first kappa shape index (κ1) is 23.6. The predicted octanol–water partition coefficient (Wildman–Crippen LogP) is 4.84. The first-order valence-corrected chi connectivity index (χ1v) is 11.4. The van der Waals surface area contributed by atoms with Gasteiger partial charge in [-0.3, -0.25) is 4.79 Å². The van der Waals surface area contributed by atoms with Crippen LogP contribution < -0.4 is 10.1 Å². The quantitative estimate of drug-likeness (QED) is 0.411. The maximum absolute atomic E-state index is 13.5. The zero-order valence-electron chi connectivity index (χ0n) is 17.4. The van der Waals surface area contributed by atoms with E-state index in [0.29, 0.717) is 35.9 Å². The number of nitrogens with zero attached hydrogens (tertiary/aromatic N) is 3. The van der Waals surface area contributed by atoms with Crippen LogP contribution in [0.4, 0.5) is 14.6 Å². The van der Waals surface area contributed by atoms with Crippen molar-refractivity contribution in [2.75, 3.05) is 18.3 Å². The van der Waals surface area contributed by atoms with Gasteiger partial charge in [-0.1, -0.05) is 0 Å². The van der Waals surface area contributed by atoms with Crippen LogP contribution in [0.15, 0.2) is 11.4 Å². The molecular weight excluding hydrogens is 450 g/mol. The molecule has 3 rings (SSSR count). The summed E-state index contributed by atoms with van der Waals surface area (Å²) < 4.78 is 37.5. The molecule has 1 N–H and O–H groups in total. The number of carbonyl (C=O) groups excluding carboxylic acids is 1. The second-order valence-corrected chi connectivity index (χ2v) is 8.66. The van der Waals surface area contributed by atoms with Crippen molar-refractivity contribution in [1.82, 2.24) is 15.0 Å². The van der Waals surface area contributed by atoms with Crippen molar-refractivity contribution >= 4 is 34.7 Å². The van der Waals surface area contributed by atoms with Gasteiger partial charge in [-0.15, -0.1) is 22.9 Å². The van der Waals surface area contributed by atoms with Crippen molar-refractivity contribution in [3.63, 3.8) is 0 Å². The topological polar surface area (TPSA) is 86.2 Å². The van der Waals surface area contributed by atoms with E-state index in [4.69, 9.17) is 16.3 Å². The number of rotatable bonds is 9. The molecular formula is C20H25ClF2N4O3S. The average Bonchev–Trinajstić information content (AvgIpc) is 3.18. The van der Waals surface area contributed by atoms with E-state index in [2.05, 4.69) is 25.0 Å². The van der Waals surface area contributed by atoms with Crippen molar-refractivity contribution in [1.29, 1.82) is 0 Å². The van der Waals surface area contributed by atoms with E-state index in [9.17, 15) is 13.6 Å². The van der Waals surface area contributed by atoms with E-state index in [0.717, 1.165) is 5.69 Å². The van der Waals surface area contributed by atoms with Gasteiger partial charge in [0, 0.05) is 42.4 Å². The van der Waals surface area contributed by atoms with Gasteiger partial charge in [0.2, 0.25) is 11.8 Å². The van der Waals surface area contributed by atoms with Crippen LogP contribution in [0.2, 0.25) is 0 Å². The Hall–Kier alpha value is -2.07. The summed E-state index contributed by atoms with van der Waals surface area (Å²) in [6.07, 6.45) is 0.470. The highest BCUT2D eigenvalue weighted by Crippen LogP contribution is 2.34. The number of hydrogen-bond acceptors (Lipinski definition) is 8. The molecule has 1 atom stereocenters. The van der Waals surface area contributed by atoms with Crippen LogP contribution in [-0.4, -0.2) is 52.0 Å². The van der Waals surface area contributed by atoms with Crippen LogP contribution in [0, 0.1) is 6.92 Å². The molecule has 7 nitrogen and oxygen atoms in total. The van der Waals surface area contributed by atoms with Gasteiger partial charge >= 0.3 is 5.97 Å². The number of hydrogen-bond donors (Lipinski definition) is 1. The van der Waals surface area contributed by atoms with Crippen LogP contribution in [0.3, 0.4) is 0 Å². The molecule has 2 heterocycles. The third kappa shape index (κ3) is 6.96. The second kappa shape index (κ2) is 10.5. The molecule has 1 aliphatic rings. The Labute approximate surface area is 188 Å². The fourth-order valence-corrected chi connectivity index (χ4v) is 4.17. The smallest absolute Gasteiger partial charge is 0.305 e. The normalized spacial score (nSPS) is 17.2. The largest absolute Gasteiger partial charge is 0.473 e. The van der Waals surface area contributed by atoms with E-state index in [-0.39, 0.29) is 43.0 Å². The summed E-state index contributed by atoms with van der Waals surface area (Å²) in [7, 11) is 1.32. The number of nitrogens with one attached hydrogen (secondary N) is 1. The maximum atomic E-state index is 13.5. The van der Waals surface area contributed by atoms with E-state index < -0.39 is 12.0 Å². The highest BCUT2D eigenvalue weighted by molar-refractivity contribution is 7.13. The number of aromatic nitrogens is 3. The minimum Gasteiger partial charge on any atom is -0.473 e. The van der Waals surface area contributed by atoms with Crippen LogP contribution in [0.25, 0.3) is 10.8 Å². The molecule has 170 valence electrons. The van der Waals surface area contributed by atoms with E-state index in [1.165, 1.54) is 18.4 Å². The fraction of sp³-hybridized carbons (Fsp3) is 0.600. The number of anilines is 1. The summed E-state index contributed by atoms with van der Waals surface area (Å²) in [6, 6.07) is 1.51. The molecule has 11 heteroatoms. The van der Waals surface area contributed by atoms with Crippen LogP contribution in [0.5, 0.6) is 5.88 Å². The van der Waals surface area contributed by atoms with E-state index in [1.54, 1.807) is 6.07 Å². The molecule has 2 aromatic rings. The lowest BCUT2D eigenvalue weighted by molar-refractivity contribution is -0.141. The Kier molecular flexibility index (Phi) is 7.99. The molecule has 0 aliphatic heterocycles. The maximum Gasteiger partial charge on any atom is 0.305 e. The zero-order chi connectivity index (χ0) is 22.4. The zero-order valence-corrected chi connectivity index (χ0v) is 18.9. The molecule has 1 saturated carbocycles. The Morgan fingerprint density at radius 2 is 2.10 bits per heavy atom. The summed E-state index contributed by atoms with van der Waals surface area (Å²) in [5.74, 6) is -1.67. The number of halogens is 3. The van der Waals surface area contributed by atoms with Crippen LogP contribution in [-0.2, 0) is 9.53 Å². The Morgan fingerprint density at radius 3 is 2.71 bits per heavy atom. The molecule has 0 bridgehead atoms. The monoisotopic (exact) mass is 474 g/mol. The Morgan fingerprint density at radius 1 is 1.35 bits per heavy atom. The van der Waals surface area contributed by atoms with Gasteiger partial charge in [-0.25, -0.2) is 18.7 Å². The molecule has 0 spiro atoms. The molecule has 0 radical (unpaired) electrons. The molecule has 0 saturated heterocycles. The SMILES string of the molecule is COC(=O)CCC(CCl)Oc1cc(NC2CCC(F)(F)CC2)nc(-c2nc(C)cs2)n1. The molecule has 2 aromatic heterocycles. The molecule has 1 unspecified atom stereocenters. The summed E-state index contributed by atoms with van der Waals surface area (Å²) >= 11 is 7.41. The van der Waals surface area contributed by atoms with E-state index >= 15 is 0 Å². The number of carbonyl (C=O) groups is 1. The van der Waals surface area contributed by atoms with Gasteiger partial charge in [0.05, 0.1) is 13.0 Å². The van der Waals surface area contributed by atoms with Gasteiger partial charge in [-0.05, 0) is 26.2 Å².